The van der Waals surface area contributed by atoms with E-state index in [0.29, 0.717) is 6.54 Å². The van der Waals surface area contributed by atoms with Crippen LogP contribution in [-0.4, -0.2) is 32.1 Å². The first-order valence-corrected chi connectivity index (χ1v) is 7.61. The smallest absolute Gasteiger partial charge is 0.215 e. The fraction of sp³-hybridized carbons (Fsp3) is 0.500. The Morgan fingerprint density at radius 3 is 2.73 bits per heavy atom. The minimum absolute atomic E-state index is 0.00515. The number of hydrogen-bond acceptors (Lipinski definition) is 4. The van der Waals surface area contributed by atoms with Gasteiger partial charge in [0.25, 0.3) is 0 Å². The van der Waals surface area contributed by atoms with Gasteiger partial charge in [-0.05, 0) is 32.9 Å². The number of hydrogen-bond donors (Lipinski definition) is 1. The summed E-state index contributed by atoms with van der Waals surface area (Å²) in [5.41, 5.74) is 6.22. The number of sulfonamides is 1. The second-order valence-electron chi connectivity index (χ2n) is 3.12. The summed E-state index contributed by atoms with van der Waals surface area (Å²) in [6, 6.07) is 1.92. The van der Waals surface area contributed by atoms with Crippen molar-refractivity contribution in [3.63, 3.8) is 0 Å². The molecule has 1 aromatic rings. The molecule has 0 fully saturated rings. The van der Waals surface area contributed by atoms with Crippen LogP contribution in [0.1, 0.15) is 5.56 Å². The topological polar surface area (TPSA) is 63.4 Å². The van der Waals surface area contributed by atoms with Crippen LogP contribution in [0.15, 0.2) is 15.2 Å². The van der Waals surface area contributed by atoms with E-state index in [1.165, 1.54) is 4.31 Å². The second-order valence-corrected chi connectivity index (χ2v) is 7.61. The lowest BCUT2D eigenvalue weighted by Crippen LogP contribution is -2.31. The molecule has 0 aliphatic heterocycles. The van der Waals surface area contributed by atoms with Crippen molar-refractivity contribution in [2.75, 3.05) is 19.3 Å². The Morgan fingerprint density at radius 1 is 1.60 bits per heavy atom. The van der Waals surface area contributed by atoms with Gasteiger partial charge in [0.15, 0.2) is 0 Å². The maximum absolute atomic E-state index is 11.6. The molecule has 1 heterocycles. The van der Waals surface area contributed by atoms with Gasteiger partial charge in [-0.2, -0.15) is 0 Å². The second kappa shape index (κ2) is 5.40. The van der Waals surface area contributed by atoms with Gasteiger partial charge in [0.05, 0.1) is 9.54 Å². The number of halogens is 1. The minimum Gasteiger partial charge on any atom is -0.329 e. The molecule has 4 nitrogen and oxygen atoms in total. The third kappa shape index (κ3) is 3.84. The largest absolute Gasteiger partial charge is 0.329 e. The molecule has 0 amide bonds. The molecule has 0 radical (unpaired) electrons. The van der Waals surface area contributed by atoms with E-state index in [4.69, 9.17) is 5.73 Å². The molecule has 0 unspecified atom stereocenters. The molecule has 15 heavy (non-hydrogen) atoms. The molecule has 86 valence electrons. The first kappa shape index (κ1) is 13.1. The lowest BCUT2D eigenvalue weighted by Gasteiger charge is -2.15. The van der Waals surface area contributed by atoms with Crippen LogP contribution in [0.25, 0.3) is 0 Å². The monoisotopic (exact) mass is 312 g/mol. The molecule has 0 aliphatic carbocycles. The van der Waals surface area contributed by atoms with E-state index in [2.05, 4.69) is 15.9 Å². The normalized spacial score (nSPS) is 12.3. The van der Waals surface area contributed by atoms with E-state index in [1.807, 2.05) is 11.4 Å². The van der Waals surface area contributed by atoms with Gasteiger partial charge >= 0.3 is 0 Å². The highest BCUT2D eigenvalue weighted by atomic mass is 79.9. The van der Waals surface area contributed by atoms with Gasteiger partial charge < -0.3 is 5.73 Å². The molecule has 1 rings (SSSR count). The Kier molecular flexibility index (Phi) is 4.72. The van der Waals surface area contributed by atoms with Crippen LogP contribution in [0.3, 0.4) is 0 Å². The lowest BCUT2D eigenvalue weighted by molar-refractivity contribution is 0.467. The summed E-state index contributed by atoms with van der Waals surface area (Å²) in [5.74, 6) is -0.00515. The summed E-state index contributed by atoms with van der Waals surface area (Å²) in [5, 5.41) is 1.93. The number of rotatable bonds is 5. The van der Waals surface area contributed by atoms with Crippen LogP contribution in [-0.2, 0) is 16.6 Å². The van der Waals surface area contributed by atoms with Gasteiger partial charge in [0, 0.05) is 20.1 Å². The van der Waals surface area contributed by atoms with Crippen LogP contribution >= 0.6 is 27.3 Å². The van der Waals surface area contributed by atoms with Crippen molar-refractivity contribution in [3.05, 3.63) is 20.8 Å². The average molecular weight is 313 g/mol. The third-order valence-corrected chi connectivity index (χ3v) is 5.26. The highest BCUT2D eigenvalue weighted by Gasteiger charge is 2.17. The Labute approximate surface area is 102 Å². The number of nitrogens with zero attached hydrogens (tertiary/aromatic N) is 1. The van der Waals surface area contributed by atoms with Crippen molar-refractivity contribution in [1.29, 1.82) is 0 Å². The summed E-state index contributed by atoms with van der Waals surface area (Å²) in [6.45, 7) is 0.546. The fourth-order valence-corrected chi connectivity index (χ4v) is 3.24. The van der Waals surface area contributed by atoms with E-state index < -0.39 is 10.0 Å². The van der Waals surface area contributed by atoms with E-state index in [-0.39, 0.29) is 12.3 Å². The summed E-state index contributed by atoms with van der Waals surface area (Å²) in [7, 11) is -1.64. The highest BCUT2D eigenvalue weighted by molar-refractivity contribution is 9.11. The SMILES string of the molecule is CN(Cc1csc(Br)c1)S(=O)(=O)CCN. The van der Waals surface area contributed by atoms with E-state index in [1.54, 1.807) is 18.4 Å². The van der Waals surface area contributed by atoms with Gasteiger partial charge in [-0.1, -0.05) is 0 Å². The summed E-state index contributed by atoms with van der Waals surface area (Å²) in [4.78, 5) is 0. The lowest BCUT2D eigenvalue weighted by atomic mass is 10.3. The van der Waals surface area contributed by atoms with Gasteiger partial charge in [0.1, 0.15) is 0 Å². The number of nitrogens with two attached hydrogens (primary N) is 1. The zero-order valence-electron chi connectivity index (χ0n) is 8.31. The van der Waals surface area contributed by atoms with E-state index in [9.17, 15) is 8.42 Å². The van der Waals surface area contributed by atoms with Gasteiger partial charge in [-0.15, -0.1) is 11.3 Å². The molecule has 0 saturated carbocycles. The van der Waals surface area contributed by atoms with Crippen LogP contribution < -0.4 is 5.73 Å². The molecule has 2 N–H and O–H groups in total. The zero-order valence-corrected chi connectivity index (χ0v) is 11.5. The molecule has 0 spiro atoms. The van der Waals surface area contributed by atoms with Gasteiger partial charge in [-0.3, -0.25) is 0 Å². The summed E-state index contributed by atoms with van der Waals surface area (Å²) in [6.07, 6.45) is 0. The molecule has 0 saturated heterocycles. The van der Waals surface area contributed by atoms with E-state index in [0.717, 1.165) is 9.35 Å². The minimum atomic E-state index is -3.20. The molecule has 0 atom stereocenters. The summed E-state index contributed by atoms with van der Waals surface area (Å²) >= 11 is 4.87. The predicted molar refractivity (Wildman–Crippen MR) is 66.3 cm³/mol. The Balaban J connectivity index is 2.67. The third-order valence-electron chi connectivity index (χ3n) is 1.88. The zero-order chi connectivity index (χ0) is 11.5. The Bertz CT molecular complexity index is 416. The first-order valence-electron chi connectivity index (χ1n) is 4.32. The average Bonchev–Trinajstić information content (AvgIpc) is 2.51. The fourth-order valence-electron chi connectivity index (χ4n) is 1.09. The van der Waals surface area contributed by atoms with Crippen LogP contribution in [0, 0.1) is 0 Å². The molecule has 0 aromatic carbocycles. The van der Waals surface area contributed by atoms with Crippen LogP contribution in [0.4, 0.5) is 0 Å². The molecular weight excluding hydrogens is 300 g/mol. The van der Waals surface area contributed by atoms with Crippen LogP contribution in [0.5, 0.6) is 0 Å². The van der Waals surface area contributed by atoms with Gasteiger partial charge in [-0.25, -0.2) is 12.7 Å². The molecule has 1 aromatic heterocycles. The van der Waals surface area contributed by atoms with Crippen molar-refractivity contribution in [3.8, 4) is 0 Å². The molecule has 0 aliphatic rings. The standard InChI is InChI=1S/C8H13BrN2O2S2/c1-11(15(12,13)3-2-10)5-7-4-8(9)14-6-7/h4,6H,2-3,5,10H2,1H3. The van der Waals surface area contributed by atoms with E-state index >= 15 is 0 Å². The van der Waals surface area contributed by atoms with Crippen molar-refractivity contribution in [2.24, 2.45) is 5.73 Å². The predicted octanol–water partition coefficient (Wildman–Crippen LogP) is 1.23. The molecular formula is C8H13BrN2O2S2. The quantitative estimate of drug-likeness (QED) is 0.889. The summed E-state index contributed by atoms with van der Waals surface area (Å²) < 4.78 is 25.5. The van der Waals surface area contributed by atoms with Gasteiger partial charge in [0.2, 0.25) is 10.0 Å². The maximum Gasteiger partial charge on any atom is 0.215 e. The highest BCUT2D eigenvalue weighted by Crippen LogP contribution is 2.22. The van der Waals surface area contributed by atoms with Crippen molar-refractivity contribution >= 4 is 37.3 Å². The Morgan fingerprint density at radius 2 is 2.27 bits per heavy atom. The van der Waals surface area contributed by atoms with Crippen molar-refractivity contribution in [1.82, 2.24) is 4.31 Å². The maximum atomic E-state index is 11.6. The molecule has 0 bridgehead atoms. The number of thiophene rings is 1. The van der Waals surface area contributed by atoms with Crippen LogP contribution in [0.2, 0.25) is 0 Å². The first-order chi connectivity index (χ1) is 6.95. The van der Waals surface area contributed by atoms with Crippen molar-refractivity contribution < 1.29 is 8.42 Å². The molecule has 7 heteroatoms. The van der Waals surface area contributed by atoms with Crippen molar-refractivity contribution in [2.45, 2.75) is 6.54 Å². The Hall–Kier alpha value is 0.0500.